The number of amides is 1. The highest BCUT2D eigenvalue weighted by Gasteiger charge is 1.99. The number of carbonyl (C=O) groups excluding carboxylic acids is 1. The summed E-state index contributed by atoms with van der Waals surface area (Å²) in [5.74, 6) is -0.0758. The maximum absolute atomic E-state index is 11.0. The second-order valence-electron chi connectivity index (χ2n) is 2.58. The molecule has 0 unspecified atom stereocenters. The zero-order valence-corrected chi connectivity index (χ0v) is 8.52. The molecule has 0 aliphatic carbocycles. The molecule has 0 atom stereocenters. The van der Waals surface area contributed by atoms with Gasteiger partial charge in [0.1, 0.15) is 0 Å². The van der Waals surface area contributed by atoms with Gasteiger partial charge in [0, 0.05) is 5.38 Å². The molecule has 0 fully saturated rings. The summed E-state index contributed by atoms with van der Waals surface area (Å²) in [6.07, 6.45) is 3.21. The van der Waals surface area contributed by atoms with Gasteiger partial charge in [0.15, 0.2) is 0 Å². The molecular formula is C9H12N2OS. The minimum Gasteiger partial charge on any atom is -0.347 e. The maximum atomic E-state index is 11.0. The van der Waals surface area contributed by atoms with Gasteiger partial charge >= 0.3 is 0 Å². The largest absolute Gasteiger partial charge is 0.347 e. The van der Waals surface area contributed by atoms with Gasteiger partial charge in [-0.2, -0.15) is 0 Å². The van der Waals surface area contributed by atoms with Gasteiger partial charge in [-0.15, -0.1) is 11.3 Å². The van der Waals surface area contributed by atoms with E-state index in [9.17, 15) is 4.79 Å². The molecule has 4 heteroatoms. The average molecular weight is 196 g/mol. The molecule has 13 heavy (non-hydrogen) atoms. The maximum Gasteiger partial charge on any atom is 0.243 e. The zero-order chi connectivity index (χ0) is 9.68. The third-order valence-electron chi connectivity index (χ3n) is 1.43. The number of rotatable bonds is 3. The Bertz CT molecular complexity index is 317. The molecule has 1 N–H and O–H groups in total. The minimum atomic E-state index is -0.0758. The Hall–Kier alpha value is -1.16. The van der Waals surface area contributed by atoms with E-state index < -0.39 is 0 Å². The van der Waals surface area contributed by atoms with Crippen molar-refractivity contribution in [2.75, 3.05) is 0 Å². The van der Waals surface area contributed by atoms with E-state index in [-0.39, 0.29) is 5.91 Å². The van der Waals surface area contributed by atoms with Crippen molar-refractivity contribution in [3.05, 3.63) is 28.2 Å². The first-order valence-corrected chi connectivity index (χ1v) is 4.92. The number of aryl methyl sites for hydroxylation is 1. The predicted molar refractivity (Wildman–Crippen MR) is 53.5 cm³/mol. The SMILES string of the molecule is C/C=C/C(=O)NCc1csc(C)n1. The molecule has 70 valence electrons. The lowest BCUT2D eigenvalue weighted by Gasteiger charge is -1.97. The number of hydrogen-bond acceptors (Lipinski definition) is 3. The standard InChI is InChI=1S/C9H12N2OS/c1-3-4-9(12)10-5-8-6-13-7(2)11-8/h3-4,6H,5H2,1-2H3,(H,10,12)/b4-3+. The Labute approximate surface area is 81.5 Å². The highest BCUT2D eigenvalue weighted by atomic mass is 32.1. The second-order valence-corrected chi connectivity index (χ2v) is 3.64. The van der Waals surface area contributed by atoms with Crippen LogP contribution in [0.3, 0.4) is 0 Å². The van der Waals surface area contributed by atoms with Gasteiger partial charge < -0.3 is 5.32 Å². The van der Waals surface area contributed by atoms with Gasteiger partial charge in [0.05, 0.1) is 17.2 Å². The third-order valence-corrected chi connectivity index (χ3v) is 2.25. The average Bonchev–Trinajstić information content (AvgIpc) is 2.49. The molecule has 0 bridgehead atoms. The summed E-state index contributed by atoms with van der Waals surface area (Å²) in [5.41, 5.74) is 0.917. The van der Waals surface area contributed by atoms with E-state index in [4.69, 9.17) is 0 Å². The van der Waals surface area contributed by atoms with Crippen LogP contribution >= 0.6 is 11.3 Å². The van der Waals surface area contributed by atoms with Gasteiger partial charge in [-0.1, -0.05) is 6.08 Å². The summed E-state index contributed by atoms with van der Waals surface area (Å²) < 4.78 is 0. The summed E-state index contributed by atoms with van der Waals surface area (Å²) in [4.78, 5) is 15.2. The lowest BCUT2D eigenvalue weighted by Crippen LogP contribution is -2.20. The van der Waals surface area contributed by atoms with Crippen LogP contribution in [0.5, 0.6) is 0 Å². The van der Waals surface area contributed by atoms with Gasteiger partial charge in [0.25, 0.3) is 0 Å². The van der Waals surface area contributed by atoms with Crippen molar-refractivity contribution in [2.45, 2.75) is 20.4 Å². The Morgan fingerprint density at radius 2 is 2.54 bits per heavy atom. The Kier molecular flexibility index (Phi) is 3.64. The number of aromatic nitrogens is 1. The minimum absolute atomic E-state index is 0.0758. The highest BCUT2D eigenvalue weighted by molar-refractivity contribution is 7.09. The van der Waals surface area contributed by atoms with Crippen molar-refractivity contribution >= 4 is 17.2 Å². The van der Waals surface area contributed by atoms with Crippen molar-refractivity contribution in [3.8, 4) is 0 Å². The fourth-order valence-corrected chi connectivity index (χ4v) is 1.49. The quantitative estimate of drug-likeness (QED) is 0.747. The second kappa shape index (κ2) is 4.77. The van der Waals surface area contributed by atoms with E-state index in [0.717, 1.165) is 10.7 Å². The van der Waals surface area contributed by atoms with E-state index >= 15 is 0 Å². The van der Waals surface area contributed by atoms with Crippen molar-refractivity contribution in [1.82, 2.24) is 10.3 Å². The number of allylic oxidation sites excluding steroid dienone is 1. The third kappa shape index (κ3) is 3.38. The fraction of sp³-hybridized carbons (Fsp3) is 0.333. The summed E-state index contributed by atoms with van der Waals surface area (Å²) in [6, 6.07) is 0. The molecule has 0 aliphatic rings. The summed E-state index contributed by atoms with van der Waals surface area (Å²) >= 11 is 1.59. The van der Waals surface area contributed by atoms with Crippen LogP contribution in [0.25, 0.3) is 0 Å². The van der Waals surface area contributed by atoms with Crippen molar-refractivity contribution in [2.24, 2.45) is 0 Å². The molecule has 0 spiro atoms. The first kappa shape index (κ1) is 9.92. The summed E-state index contributed by atoms with van der Waals surface area (Å²) in [5, 5.41) is 5.70. The number of carbonyl (C=O) groups is 1. The van der Waals surface area contributed by atoms with Gasteiger partial charge in [0.2, 0.25) is 5.91 Å². The van der Waals surface area contributed by atoms with Crippen LogP contribution in [0.4, 0.5) is 0 Å². The molecule has 1 amide bonds. The Morgan fingerprint density at radius 1 is 1.77 bits per heavy atom. The van der Waals surface area contributed by atoms with Crippen LogP contribution in [0.15, 0.2) is 17.5 Å². The van der Waals surface area contributed by atoms with Gasteiger partial charge in [-0.25, -0.2) is 4.98 Å². The molecule has 0 radical (unpaired) electrons. The topological polar surface area (TPSA) is 42.0 Å². The van der Waals surface area contributed by atoms with Crippen LogP contribution in [0.1, 0.15) is 17.6 Å². The van der Waals surface area contributed by atoms with E-state index in [0.29, 0.717) is 6.54 Å². The molecule has 0 saturated carbocycles. The summed E-state index contributed by atoms with van der Waals surface area (Å²) in [7, 11) is 0. The van der Waals surface area contributed by atoms with E-state index in [1.165, 1.54) is 6.08 Å². The smallest absolute Gasteiger partial charge is 0.243 e. The number of nitrogens with zero attached hydrogens (tertiary/aromatic N) is 1. The van der Waals surface area contributed by atoms with Crippen molar-refractivity contribution < 1.29 is 4.79 Å². The van der Waals surface area contributed by atoms with Crippen LogP contribution in [-0.2, 0) is 11.3 Å². The molecule has 1 aromatic rings. The first-order valence-electron chi connectivity index (χ1n) is 4.04. The molecular weight excluding hydrogens is 184 g/mol. The van der Waals surface area contributed by atoms with E-state index in [1.807, 2.05) is 19.2 Å². The lowest BCUT2D eigenvalue weighted by molar-refractivity contribution is -0.116. The predicted octanol–water partition coefficient (Wildman–Crippen LogP) is 1.64. The first-order chi connectivity index (χ1) is 6.22. The van der Waals surface area contributed by atoms with Crippen LogP contribution < -0.4 is 5.32 Å². The lowest BCUT2D eigenvalue weighted by atomic mass is 10.4. The number of nitrogens with one attached hydrogen (secondary N) is 1. The molecule has 1 rings (SSSR count). The molecule has 0 saturated heterocycles. The molecule has 0 aromatic carbocycles. The Morgan fingerprint density at radius 3 is 3.08 bits per heavy atom. The van der Waals surface area contributed by atoms with Gasteiger partial charge in [-0.3, -0.25) is 4.79 Å². The van der Waals surface area contributed by atoms with Crippen LogP contribution in [-0.4, -0.2) is 10.9 Å². The van der Waals surface area contributed by atoms with E-state index in [1.54, 1.807) is 17.4 Å². The van der Waals surface area contributed by atoms with Crippen molar-refractivity contribution in [3.63, 3.8) is 0 Å². The fourth-order valence-electron chi connectivity index (χ4n) is 0.877. The molecule has 0 aliphatic heterocycles. The zero-order valence-electron chi connectivity index (χ0n) is 7.70. The molecule has 3 nitrogen and oxygen atoms in total. The molecule has 1 aromatic heterocycles. The Balaban J connectivity index is 2.39. The van der Waals surface area contributed by atoms with E-state index in [2.05, 4.69) is 10.3 Å². The number of hydrogen-bond donors (Lipinski definition) is 1. The molecule has 1 heterocycles. The van der Waals surface area contributed by atoms with Gasteiger partial charge in [-0.05, 0) is 19.9 Å². The normalized spacial score (nSPS) is 10.6. The van der Waals surface area contributed by atoms with Crippen LogP contribution in [0.2, 0.25) is 0 Å². The van der Waals surface area contributed by atoms with Crippen molar-refractivity contribution in [1.29, 1.82) is 0 Å². The number of thiazole rings is 1. The highest BCUT2D eigenvalue weighted by Crippen LogP contribution is 2.06. The summed E-state index contributed by atoms with van der Waals surface area (Å²) in [6.45, 7) is 4.27. The monoisotopic (exact) mass is 196 g/mol. The van der Waals surface area contributed by atoms with Crippen LogP contribution in [0, 0.1) is 6.92 Å².